The summed E-state index contributed by atoms with van der Waals surface area (Å²) in [5.41, 5.74) is 9.24. The molecule has 0 aliphatic heterocycles. The summed E-state index contributed by atoms with van der Waals surface area (Å²) in [4.78, 5) is 25.0. The maximum Gasteiger partial charge on any atom is 0.315 e. The number of amides is 1. The SMILES string of the molecule is CCc1cccc(CNC[C@@H](OC(=O)CC(=O)Nc2ccc(Cl)c(Cl)c2)[C@@H](N)Cc2cc(F)cc(F)c2)c1. The van der Waals surface area contributed by atoms with Gasteiger partial charge >= 0.3 is 5.97 Å². The monoisotopic (exact) mass is 563 g/mol. The van der Waals surface area contributed by atoms with E-state index in [4.69, 9.17) is 33.7 Å². The number of rotatable bonds is 12. The first-order valence-electron chi connectivity index (χ1n) is 12.1. The van der Waals surface area contributed by atoms with Crippen molar-refractivity contribution in [2.24, 2.45) is 5.73 Å². The average Bonchev–Trinajstić information content (AvgIpc) is 2.85. The molecule has 0 heterocycles. The van der Waals surface area contributed by atoms with E-state index in [9.17, 15) is 18.4 Å². The molecule has 0 spiro atoms. The zero-order chi connectivity index (χ0) is 27.7. The van der Waals surface area contributed by atoms with Crippen LogP contribution in [0.25, 0.3) is 0 Å². The van der Waals surface area contributed by atoms with Crippen molar-refractivity contribution in [2.75, 3.05) is 11.9 Å². The summed E-state index contributed by atoms with van der Waals surface area (Å²) in [5.74, 6) is -2.87. The van der Waals surface area contributed by atoms with E-state index in [1.165, 1.54) is 29.8 Å². The van der Waals surface area contributed by atoms with Gasteiger partial charge in [-0.05, 0) is 59.9 Å². The van der Waals surface area contributed by atoms with Crippen molar-refractivity contribution in [3.05, 3.63) is 99.0 Å². The van der Waals surface area contributed by atoms with Crippen LogP contribution >= 0.6 is 23.2 Å². The molecule has 3 aromatic rings. The summed E-state index contributed by atoms with van der Waals surface area (Å²) in [7, 11) is 0. The average molecular weight is 564 g/mol. The second-order valence-electron chi connectivity index (χ2n) is 8.83. The Morgan fingerprint density at radius 1 is 0.947 bits per heavy atom. The van der Waals surface area contributed by atoms with Gasteiger partial charge in [0.25, 0.3) is 0 Å². The highest BCUT2D eigenvalue weighted by molar-refractivity contribution is 6.42. The fourth-order valence-electron chi connectivity index (χ4n) is 3.85. The molecule has 0 saturated heterocycles. The zero-order valence-corrected chi connectivity index (χ0v) is 22.3. The number of nitrogens with two attached hydrogens (primary N) is 1. The predicted octanol–water partition coefficient (Wildman–Crippen LogP) is 5.43. The molecule has 0 fully saturated rings. The number of nitrogens with one attached hydrogen (secondary N) is 2. The number of halogens is 4. The van der Waals surface area contributed by atoms with Crippen LogP contribution in [0.2, 0.25) is 10.0 Å². The number of esters is 1. The Morgan fingerprint density at radius 2 is 1.66 bits per heavy atom. The van der Waals surface area contributed by atoms with Gasteiger partial charge in [0.1, 0.15) is 24.2 Å². The van der Waals surface area contributed by atoms with Gasteiger partial charge in [0.15, 0.2) is 0 Å². The lowest BCUT2D eigenvalue weighted by atomic mass is 10.0. The molecule has 0 saturated carbocycles. The molecule has 1 amide bonds. The van der Waals surface area contributed by atoms with Crippen LogP contribution in [-0.2, 0) is 33.7 Å². The smallest absolute Gasteiger partial charge is 0.315 e. The third-order valence-corrected chi connectivity index (χ3v) is 6.48. The van der Waals surface area contributed by atoms with Gasteiger partial charge in [-0.3, -0.25) is 9.59 Å². The quantitative estimate of drug-likeness (QED) is 0.202. The number of aryl methyl sites for hydroxylation is 1. The van der Waals surface area contributed by atoms with Crippen LogP contribution in [0.4, 0.5) is 14.5 Å². The maximum atomic E-state index is 13.7. The van der Waals surface area contributed by atoms with Gasteiger partial charge in [0.05, 0.1) is 10.0 Å². The molecule has 0 bridgehead atoms. The van der Waals surface area contributed by atoms with E-state index in [-0.39, 0.29) is 18.0 Å². The molecule has 6 nitrogen and oxygen atoms in total. The molecule has 0 radical (unpaired) electrons. The molecule has 38 heavy (non-hydrogen) atoms. The predicted molar refractivity (Wildman–Crippen MR) is 145 cm³/mol. The first-order valence-corrected chi connectivity index (χ1v) is 12.8. The minimum atomic E-state index is -0.874. The van der Waals surface area contributed by atoms with Crippen LogP contribution in [0.15, 0.2) is 60.7 Å². The van der Waals surface area contributed by atoms with Gasteiger partial charge in [0.2, 0.25) is 5.91 Å². The maximum absolute atomic E-state index is 13.7. The molecule has 0 aromatic heterocycles. The van der Waals surface area contributed by atoms with E-state index in [0.717, 1.165) is 18.1 Å². The van der Waals surface area contributed by atoms with Crippen molar-refractivity contribution < 1.29 is 23.1 Å². The highest BCUT2D eigenvalue weighted by Gasteiger charge is 2.24. The molecule has 0 aliphatic carbocycles. The Balaban J connectivity index is 1.64. The summed E-state index contributed by atoms with van der Waals surface area (Å²) >= 11 is 11.8. The molecule has 0 unspecified atom stereocenters. The molecular weight excluding hydrogens is 535 g/mol. The van der Waals surface area contributed by atoms with E-state index in [0.29, 0.717) is 22.8 Å². The normalized spacial score (nSPS) is 12.6. The molecule has 4 N–H and O–H groups in total. The molecule has 2 atom stereocenters. The highest BCUT2D eigenvalue weighted by Crippen LogP contribution is 2.25. The number of benzene rings is 3. The van der Waals surface area contributed by atoms with E-state index in [1.54, 1.807) is 6.07 Å². The second-order valence-corrected chi connectivity index (χ2v) is 9.65. The number of ether oxygens (including phenoxy) is 1. The Morgan fingerprint density at radius 3 is 2.34 bits per heavy atom. The van der Waals surface area contributed by atoms with Crippen LogP contribution in [-0.4, -0.2) is 30.6 Å². The third kappa shape index (κ3) is 9.36. The Hall–Kier alpha value is -3.04. The lowest BCUT2D eigenvalue weighted by Crippen LogP contribution is -2.46. The van der Waals surface area contributed by atoms with Crippen LogP contribution in [0.1, 0.15) is 30.0 Å². The van der Waals surface area contributed by atoms with Crippen molar-refractivity contribution in [3.8, 4) is 0 Å². The van der Waals surface area contributed by atoms with Gasteiger partial charge in [0, 0.05) is 30.9 Å². The molecule has 3 aromatic carbocycles. The van der Waals surface area contributed by atoms with Crippen LogP contribution < -0.4 is 16.4 Å². The topological polar surface area (TPSA) is 93.4 Å². The van der Waals surface area contributed by atoms with Crippen molar-refractivity contribution >= 4 is 40.8 Å². The number of carbonyl (C=O) groups excluding carboxylic acids is 2. The largest absolute Gasteiger partial charge is 0.459 e. The molecule has 10 heteroatoms. The number of hydrogen-bond donors (Lipinski definition) is 3. The number of carbonyl (C=O) groups is 2. The first kappa shape index (κ1) is 29.5. The Labute approximate surface area is 230 Å². The van der Waals surface area contributed by atoms with E-state index in [1.807, 2.05) is 18.2 Å². The third-order valence-electron chi connectivity index (χ3n) is 5.74. The lowest BCUT2D eigenvalue weighted by Gasteiger charge is -2.25. The summed E-state index contributed by atoms with van der Waals surface area (Å²) in [6.45, 7) is 2.71. The van der Waals surface area contributed by atoms with Gasteiger partial charge in [-0.25, -0.2) is 8.78 Å². The highest BCUT2D eigenvalue weighted by atomic mass is 35.5. The van der Waals surface area contributed by atoms with E-state index < -0.39 is 42.1 Å². The van der Waals surface area contributed by atoms with Crippen molar-refractivity contribution in [3.63, 3.8) is 0 Å². The zero-order valence-electron chi connectivity index (χ0n) is 20.8. The van der Waals surface area contributed by atoms with Gasteiger partial charge in [-0.15, -0.1) is 0 Å². The van der Waals surface area contributed by atoms with Gasteiger partial charge in [-0.1, -0.05) is 54.4 Å². The Bertz CT molecular complexity index is 1260. The molecule has 3 rings (SSSR count). The lowest BCUT2D eigenvalue weighted by molar-refractivity contribution is -0.151. The van der Waals surface area contributed by atoms with Crippen LogP contribution in [0.3, 0.4) is 0 Å². The summed E-state index contributed by atoms with van der Waals surface area (Å²) in [6.07, 6.45) is -0.500. The van der Waals surface area contributed by atoms with Gasteiger partial charge in [-0.2, -0.15) is 0 Å². The second kappa shape index (κ2) is 14.2. The Kier molecular flexibility index (Phi) is 11.0. The summed E-state index contributed by atoms with van der Waals surface area (Å²) in [6, 6.07) is 14.9. The van der Waals surface area contributed by atoms with E-state index in [2.05, 4.69) is 23.6 Å². The van der Waals surface area contributed by atoms with Gasteiger partial charge < -0.3 is 21.1 Å². The molecule has 202 valence electrons. The van der Waals surface area contributed by atoms with Crippen LogP contribution in [0.5, 0.6) is 0 Å². The minimum Gasteiger partial charge on any atom is -0.459 e. The molecular formula is C28H29Cl2F2N3O3. The number of anilines is 1. The fraction of sp³-hybridized carbons (Fsp3) is 0.286. The standard InChI is InChI=1S/C28H29Cl2F2N3O3/c1-2-17-4-3-5-18(8-17)15-34-16-26(25(33)11-19-9-20(31)12-21(32)10-19)38-28(37)14-27(36)35-22-6-7-23(29)24(30)13-22/h3-10,12-13,25-26,34H,2,11,14-16,33H2,1H3,(H,35,36)/t25-,26+/m0/s1. The number of hydrogen-bond acceptors (Lipinski definition) is 5. The van der Waals surface area contributed by atoms with Crippen molar-refractivity contribution in [2.45, 2.75) is 44.9 Å². The van der Waals surface area contributed by atoms with E-state index >= 15 is 0 Å². The van der Waals surface area contributed by atoms with Crippen molar-refractivity contribution in [1.29, 1.82) is 0 Å². The summed E-state index contributed by atoms with van der Waals surface area (Å²) in [5, 5.41) is 6.36. The van der Waals surface area contributed by atoms with Crippen molar-refractivity contribution in [1.82, 2.24) is 5.32 Å². The fourth-order valence-corrected chi connectivity index (χ4v) is 4.15. The summed E-state index contributed by atoms with van der Waals surface area (Å²) < 4.78 is 32.9. The molecule has 0 aliphatic rings. The van der Waals surface area contributed by atoms with Crippen LogP contribution in [0, 0.1) is 11.6 Å². The minimum absolute atomic E-state index is 0.0507. The first-order chi connectivity index (χ1) is 18.1.